The lowest BCUT2D eigenvalue weighted by atomic mass is 10.1. The predicted octanol–water partition coefficient (Wildman–Crippen LogP) is 3.75. The lowest BCUT2D eigenvalue weighted by Crippen LogP contribution is -2.24. The number of rotatable bonds is 5. The number of carbonyl (C=O) groups is 3. The average molecular weight is 407 g/mol. The highest BCUT2D eigenvalue weighted by Gasteiger charge is 2.32. The minimum atomic E-state index is -0.376. The van der Waals surface area contributed by atoms with Gasteiger partial charge >= 0.3 is 0 Å². The lowest BCUT2D eigenvalue weighted by molar-refractivity contribution is 0.0692. The Morgan fingerprint density at radius 2 is 1.86 bits per heavy atom. The van der Waals surface area contributed by atoms with Crippen molar-refractivity contribution in [3.63, 3.8) is 0 Å². The maximum absolute atomic E-state index is 12.8. The van der Waals surface area contributed by atoms with E-state index >= 15 is 0 Å². The summed E-state index contributed by atoms with van der Waals surface area (Å²) < 4.78 is 5.22. The van der Waals surface area contributed by atoms with Gasteiger partial charge in [-0.3, -0.25) is 19.3 Å². The molecule has 4 rings (SSSR count). The minimum Gasteiger partial charge on any atom is -0.360 e. The third kappa shape index (κ3) is 3.66. The Balaban J connectivity index is 1.52. The molecule has 146 valence electrons. The van der Waals surface area contributed by atoms with E-state index in [0.29, 0.717) is 28.1 Å². The van der Waals surface area contributed by atoms with E-state index in [4.69, 9.17) is 4.52 Å². The van der Waals surface area contributed by atoms with E-state index in [-0.39, 0.29) is 17.7 Å². The molecule has 0 unspecified atom stereocenters. The van der Waals surface area contributed by atoms with E-state index in [1.165, 1.54) is 24.9 Å². The summed E-state index contributed by atoms with van der Waals surface area (Å²) in [5.41, 5.74) is 2.40. The number of nitrogens with zero attached hydrogens (tertiary/aromatic N) is 2. The number of thioether (sulfide) groups is 1. The maximum Gasteiger partial charge on any atom is 0.261 e. The van der Waals surface area contributed by atoms with Gasteiger partial charge in [-0.15, -0.1) is 11.8 Å². The molecule has 3 amide bonds. The van der Waals surface area contributed by atoms with Crippen molar-refractivity contribution in [3.05, 3.63) is 76.7 Å². The highest BCUT2D eigenvalue weighted by molar-refractivity contribution is 7.98. The molecule has 0 spiro atoms. The van der Waals surface area contributed by atoms with Crippen LogP contribution in [0, 0.1) is 6.92 Å². The zero-order chi connectivity index (χ0) is 20.5. The number of aryl methyl sites for hydroxylation is 1. The molecule has 7 nitrogen and oxygen atoms in total. The fourth-order valence-electron chi connectivity index (χ4n) is 3.05. The Kier molecular flexibility index (Phi) is 4.94. The van der Waals surface area contributed by atoms with Gasteiger partial charge in [-0.2, -0.15) is 0 Å². The maximum atomic E-state index is 12.8. The van der Waals surface area contributed by atoms with Gasteiger partial charge in [-0.05, 0) is 37.3 Å². The molecular formula is C21H17N3O4S. The Labute approximate surface area is 171 Å². The van der Waals surface area contributed by atoms with E-state index < -0.39 is 0 Å². The van der Waals surface area contributed by atoms with Crippen LogP contribution in [-0.2, 0) is 5.75 Å². The molecule has 2 heterocycles. The molecule has 1 aromatic heterocycles. The van der Waals surface area contributed by atoms with Gasteiger partial charge in [0.25, 0.3) is 17.7 Å². The summed E-state index contributed by atoms with van der Waals surface area (Å²) >= 11 is 1.47. The van der Waals surface area contributed by atoms with E-state index in [2.05, 4.69) is 10.5 Å². The number of fused-ring (bicyclic) bond motifs is 1. The number of amides is 3. The van der Waals surface area contributed by atoms with Gasteiger partial charge in [-0.1, -0.05) is 17.3 Å². The smallest absolute Gasteiger partial charge is 0.261 e. The molecule has 1 N–H and O–H groups in total. The second-order valence-electron chi connectivity index (χ2n) is 6.60. The zero-order valence-corrected chi connectivity index (χ0v) is 16.6. The van der Waals surface area contributed by atoms with Gasteiger partial charge < -0.3 is 9.84 Å². The van der Waals surface area contributed by atoms with Crippen LogP contribution in [0.15, 0.2) is 57.9 Å². The Hall–Kier alpha value is -3.39. The second kappa shape index (κ2) is 7.56. The molecule has 0 saturated heterocycles. The number of hydrogen-bond acceptors (Lipinski definition) is 6. The number of aromatic nitrogens is 1. The summed E-state index contributed by atoms with van der Waals surface area (Å²) in [6.07, 6.45) is 0. The van der Waals surface area contributed by atoms with Crippen LogP contribution in [0.1, 0.15) is 42.5 Å². The molecule has 1 aliphatic heterocycles. The zero-order valence-electron chi connectivity index (χ0n) is 15.8. The van der Waals surface area contributed by atoms with E-state index in [1.54, 1.807) is 24.3 Å². The summed E-state index contributed by atoms with van der Waals surface area (Å²) in [6.45, 7) is 1.85. The highest BCUT2D eigenvalue weighted by atomic mass is 32.2. The van der Waals surface area contributed by atoms with Crippen LogP contribution in [0.4, 0.5) is 5.69 Å². The van der Waals surface area contributed by atoms with E-state index in [9.17, 15) is 14.4 Å². The quantitative estimate of drug-likeness (QED) is 0.511. The van der Waals surface area contributed by atoms with Crippen LogP contribution in [0.2, 0.25) is 0 Å². The van der Waals surface area contributed by atoms with Crippen LogP contribution in [0.3, 0.4) is 0 Å². The van der Waals surface area contributed by atoms with Crippen molar-refractivity contribution in [2.45, 2.75) is 17.6 Å². The monoisotopic (exact) mass is 407 g/mol. The molecule has 0 saturated carbocycles. The van der Waals surface area contributed by atoms with Crippen molar-refractivity contribution in [2.75, 3.05) is 12.4 Å². The molecule has 29 heavy (non-hydrogen) atoms. The van der Waals surface area contributed by atoms with Gasteiger partial charge in [0.2, 0.25) is 0 Å². The number of benzene rings is 2. The van der Waals surface area contributed by atoms with Gasteiger partial charge in [-0.25, -0.2) is 0 Å². The van der Waals surface area contributed by atoms with Crippen molar-refractivity contribution in [3.8, 4) is 0 Å². The van der Waals surface area contributed by atoms with Gasteiger partial charge in [0.05, 0.1) is 28.1 Å². The van der Waals surface area contributed by atoms with Crippen LogP contribution in [-0.4, -0.2) is 34.8 Å². The number of carbonyl (C=O) groups excluding carboxylic acids is 3. The van der Waals surface area contributed by atoms with Crippen LogP contribution in [0.5, 0.6) is 0 Å². The minimum absolute atomic E-state index is 0.290. The average Bonchev–Trinajstić information content (AvgIpc) is 3.23. The summed E-state index contributed by atoms with van der Waals surface area (Å²) in [6, 6.07) is 13.8. The van der Waals surface area contributed by atoms with Gasteiger partial charge in [0, 0.05) is 23.7 Å². The summed E-state index contributed by atoms with van der Waals surface area (Å²) in [4.78, 5) is 38.9. The fourth-order valence-corrected chi connectivity index (χ4v) is 3.98. The highest BCUT2D eigenvalue weighted by Crippen LogP contribution is 2.28. The summed E-state index contributed by atoms with van der Waals surface area (Å²) in [7, 11) is 1.44. The lowest BCUT2D eigenvalue weighted by Gasteiger charge is -2.10. The largest absolute Gasteiger partial charge is 0.360 e. The number of imide groups is 1. The number of hydrogen-bond donors (Lipinski definition) is 1. The molecule has 0 radical (unpaired) electrons. The third-order valence-electron chi connectivity index (χ3n) is 4.53. The SMILES string of the molecule is Cc1cc(CSc2ccccc2C(=O)Nc2ccc3c(c2)C(=O)N(C)C3=O)on1. The van der Waals surface area contributed by atoms with Crippen molar-refractivity contribution in [1.82, 2.24) is 10.1 Å². The van der Waals surface area contributed by atoms with Crippen LogP contribution < -0.4 is 5.32 Å². The van der Waals surface area contributed by atoms with Crippen molar-refractivity contribution in [2.24, 2.45) is 0 Å². The predicted molar refractivity (Wildman–Crippen MR) is 108 cm³/mol. The molecule has 0 bridgehead atoms. The Morgan fingerprint density at radius 3 is 2.62 bits per heavy atom. The first kappa shape index (κ1) is 18.9. The van der Waals surface area contributed by atoms with Crippen molar-refractivity contribution >= 4 is 35.2 Å². The van der Waals surface area contributed by atoms with Crippen LogP contribution >= 0.6 is 11.8 Å². The Morgan fingerprint density at radius 1 is 1.10 bits per heavy atom. The molecule has 0 fully saturated rings. The molecule has 1 aliphatic rings. The molecule has 0 aliphatic carbocycles. The molecule has 2 aromatic carbocycles. The molecular weight excluding hydrogens is 390 g/mol. The number of nitrogens with one attached hydrogen (secondary N) is 1. The summed E-state index contributed by atoms with van der Waals surface area (Å²) in [5.74, 6) is 0.264. The first-order valence-corrected chi connectivity index (χ1v) is 9.84. The Bertz CT molecular complexity index is 1140. The molecule has 0 atom stereocenters. The first-order valence-electron chi connectivity index (χ1n) is 8.86. The summed E-state index contributed by atoms with van der Waals surface area (Å²) in [5, 5.41) is 6.68. The van der Waals surface area contributed by atoms with Crippen molar-refractivity contribution < 1.29 is 18.9 Å². The van der Waals surface area contributed by atoms with Crippen LogP contribution in [0.25, 0.3) is 0 Å². The first-order chi connectivity index (χ1) is 13.9. The second-order valence-corrected chi connectivity index (χ2v) is 7.62. The number of anilines is 1. The van der Waals surface area contributed by atoms with E-state index in [1.807, 2.05) is 25.1 Å². The van der Waals surface area contributed by atoms with Gasteiger partial charge in [0.15, 0.2) is 0 Å². The topological polar surface area (TPSA) is 92.5 Å². The normalized spacial score (nSPS) is 13.0. The third-order valence-corrected chi connectivity index (χ3v) is 5.62. The van der Waals surface area contributed by atoms with Crippen molar-refractivity contribution in [1.29, 1.82) is 0 Å². The standard InChI is InChI=1S/C21H17N3O4S/c1-12-9-14(28-23-12)11-29-18-6-4-3-5-16(18)19(25)22-13-7-8-15-17(10-13)21(27)24(2)20(15)26/h3-10H,11H2,1-2H3,(H,22,25). The fraction of sp³-hybridized carbons (Fsp3) is 0.143. The molecule has 3 aromatic rings. The van der Waals surface area contributed by atoms with E-state index in [0.717, 1.165) is 21.2 Å². The molecule has 8 heteroatoms. The van der Waals surface area contributed by atoms with Gasteiger partial charge in [0.1, 0.15) is 5.76 Å².